The summed E-state index contributed by atoms with van der Waals surface area (Å²) in [5, 5.41) is 2.84. The zero-order chi connectivity index (χ0) is 14.8. The van der Waals surface area contributed by atoms with Crippen molar-refractivity contribution in [2.45, 2.75) is 13.5 Å². The van der Waals surface area contributed by atoms with Gasteiger partial charge in [-0.15, -0.1) is 0 Å². The summed E-state index contributed by atoms with van der Waals surface area (Å²) in [6.07, 6.45) is 7.10. The number of aryl methyl sites for hydroxylation is 1. The van der Waals surface area contributed by atoms with Crippen molar-refractivity contribution >= 4 is 27.5 Å². The fraction of sp³-hybridized carbons (Fsp3) is 0.133. The van der Waals surface area contributed by atoms with Gasteiger partial charge in [-0.1, -0.05) is 6.07 Å². The first-order chi connectivity index (χ1) is 10.1. The molecule has 0 saturated carbocycles. The topological polar surface area (TPSA) is 59.3 Å². The SMILES string of the molecule is Cc1ccc2nc(CNC(=O)c3cncc(Br)c3)cn2c1. The molecule has 106 valence electrons. The lowest BCUT2D eigenvalue weighted by atomic mass is 10.2. The van der Waals surface area contributed by atoms with E-state index in [1.165, 1.54) is 6.20 Å². The number of hydrogen-bond donors (Lipinski definition) is 1. The van der Waals surface area contributed by atoms with Gasteiger partial charge >= 0.3 is 0 Å². The predicted molar refractivity (Wildman–Crippen MR) is 83.0 cm³/mol. The van der Waals surface area contributed by atoms with E-state index in [2.05, 4.69) is 31.2 Å². The zero-order valence-electron chi connectivity index (χ0n) is 11.4. The number of carbonyl (C=O) groups excluding carboxylic acids is 1. The van der Waals surface area contributed by atoms with Gasteiger partial charge < -0.3 is 9.72 Å². The number of halogens is 1. The Morgan fingerprint density at radius 1 is 1.33 bits per heavy atom. The van der Waals surface area contributed by atoms with Gasteiger partial charge in [-0.2, -0.15) is 0 Å². The molecule has 1 N–H and O–H groups in total. The number of rotatable bonds is 3. The predicted octanol–water partition coefficient (Wildman–Crippen LogP) is 2.73. The molecule has 21 heavy (non-hydrogen) atoms. The Morgan fingerprint density at radius 2 is 2.19 bits per heavy atom. The van der Waals surface area contributed by atoms with Crippen LogP contribution in [0.4, 0.5) is 0 Å². The summed E-state index contributed by atoms with van der Waals surface area (Å²) in [5.41, 5.74) is 3.37. The molecular weight excluding hydrogens is 332 g/mol. The summed E-state index contributed by atoms with van der Waals surface area (Å²) in [6.45, 7) is 2.41. The molecule has 1 amide bonds. The van der Waals surface area contributed by atoms with Gasteiger partial charge in [0.2, 0.25) is 0 Å². The summed E-state index contributed by atoms with van der Waals surface area (Å²) < 4.78 is 2.73. The van der Waals surface area contributed by atoms with Crippen LogP contribution >= 0.6 is 15.9 Å². The van der Waals surface area contributed by atoms with E-state index >= 15 is 0 Å². The average molecular weight is 345 g/mol. The summed E-state index contributed by atoms with van der Waals surface area (Å²) in [7, 11) is 0. The highest BCUT2D eigenvalue weighted by molar-refractivity contribution is 9.10. The minimum absolute atomic E-state index is 0.169. The standard InChI is InChI=1S/C15H13BrN4O/c1-10-2-3-14-19-13(9-20(14)8-10)7-18-15(21)11-4-12(16)6-17-5-11/h2-6,8-9H,7H2,1H3,(H,18,21). The van der Waals surface area contributed by atoms with Gasteiger partial charge in [0.25, 0.3) is 5.91 Å². The number of nitrogens with zero attached hydrogens (tertiary/aromatic N) is 3. The van der Waals surface area contributed by atoms with E-state index in [0.29, 0.717) is 12.1 Å². The third-order valence-electron chi connectivity index (χ3n) is 3.05. The number of aromatic nitrogens is 3. The normalized spacial score (nSPS) is 10.8. The number of pyridine rings is 2. The molecule has 3 aromatic rings. The van der Waals surface area contributed by atoms with E-state index in [0.717, 1.165) is 21.4 Å². The second kappa shape index (κ2) is 5.65. The van der Waals surface area contributed by atoms with Gasteiger partial charge in [-0.25, -0.2) is 4.98 Å². The van der Waals surface area contributed by atoms with E-state index in [1.807, 2.05) is 35.9 Å². The van der Waals surface area contributed by atoms with Crippen LogP contribution in [0.25, 0.3) is 5.65 Å². The van der Waals surface area contributed by atoms with Gasteiger partial charge in [-0.3, -0.25) is 9.78 Å². The number of hydrogen-bond acceptors (Lipinski definition) is 3. The summed E-state index contributed by atoms with van der Waals surface area (Å²) in [6, 6.07) is 5.70. The number of fused-ring (bicyclic) bond motifs is 1. The Balaban J connectivity index is 1.72. The maximum atomic E-state index is 12.0. The minimum Gasteiger partial charge on any atom is -0.346 e. The monoisotopic (exact) mass is 344 g/mol. The van der Waals surface area contributed by atoms with Crippen LogP contribution < -0.4 is 5.32 Å². The summed E-state index contributed by atoms with van der Waals surface area (Å²) >= 11 is 3.30. The molecule has 5 nitrogen and oxygen atoms in total. The molecule has 0 fully saturated rings. The first-order valence-corrected chi connectivity index (χ1v) is 7.24. The van der Waals surface area contributed by atoms with Gasteiger partial charge in [0.05, 0.1) is 17.8 Å². The van der Waals surface area contributed by atoms with Crippen LogP contribution in [0, 0.1) is 6.92 Å². The number of carbonyl (C=O) groups is 1. The fourth-order valence-corrected chi connectivity index (χ4v) is 2.41. The van der Waals surface area contributed by atoms with E-state index in [-0.39, 0.29) is 5.91 Å². The zero-order valence-corrected chi connectivity index (χ0v) is 13.0. The van der Waals surface area contributed by atoms with Crippen LogP contribution in [0.3, 0.4) is 0 Å². The molecule has 0 radical (unpaired) electrons. The molecule has 6 heteroatoms. The van der Waals surface area contributed by atoms with E-state index in [9.17, 15) is 4.79 Å². The summed E-state index contributed by atoms with van der Waals surface area (Å²) in [5.74, 6) is -0.169. The van der Waals surface area contributed by atoms with Crippen LogP contribution in [0.15, 0.2) is 47.5 Å². The lowest BCUT2D eigenvalue weighted by molar-refractivity contribution is 0.0950. The Bertz CT molecular complexity index is 812. The molecule has 0 aliphatic rings. The first kappa shape index (κ1) is 13.8. The summed E-state index contributed by atoms with van der Waals surface area (Å²) in [4.78, 5) is 20.5. The number of imidazole rings is 1. The average Bonchev–Trinajstić information content (AvgIpc) is 2.86. The third kappa shape index (κ3) is 3.11. The molecule has 0 aliphatic heterocycles. The Kier molecular flexibility index (Phi) is 3.70. The highest BCUT2D eigenvalue weighted by atomic mass is 79.9. The van der Waals surface area contributed by atoms with E-state index in [1.54, 1.807) is 12.3 Å². The Labute approximate surface area is 130 Å². The van der Waals surface area contributed by atoms with Crippen molar-refractivity contribution in [2.75, 3.05) is 0 Å². The Morgan fingerprint density at radius 3 is 3.00 bits per heavy atom. The first-order valence-electron chi connectivity index (χ1n) is 6.45. The molecule has 3 rings (SSSR count). The lowest BCUT2D eigenvalue weighted by Crippen LogP contribution is -2.23. The molecule has 3 aromatic heterocycles. The molecule has 3 heterocycles. The third-order valence-corrected chi connectivity index (χ3v) is 3.48. The number of amides is 1. The highest BCUT2D eigenvalue weighted by Gasteiger charge is 2.08. The largest absolute Gasteiger partial charge is 0.346 e. The minimum atomic E-state index is -0.169. The smallest absolute Gasteiger partial charge is 0.253 e. The molecule has 0 bridgehead atoms. The van der Waals surface area contributed by atoms with Gasteiger partial charge in [0, 0.05) is 29.3 Å². The molecule has 0 unspecified atom stereocenters. The molecular formula is C15H13BrN4O. The van der Waals surface area contributed by atoms with Crippen LogP contribution in [-0.2, 0) is 6.54 Å². The van der Waals surface area contributed by atoms with Crippen LogP contribution in [-0.4, -0.2) is 20.3 Å². The van der Waals surface area contributed by atoms with Crippen LogP contribution in [0.2, 0.25) is 0 Å². The van der Waals surface area contributed by atoms with Crippen molar-refractivity contribution in [3.05, 3.63) is 64.3 Å². The van der Waals surface area contributed by atoms with Crippen LogP contribution in [0.5, 0.6) is 0 Å². The molecule has 0 atom stereocenters. The van der Waals surface area contributed by atoms with Crippen molar-refractivity contribution in [2.24, 2.45) is 0 Å². The molecule has 0 aromatic carbocycles. The maximum absolute atomic E-state index is 12.0. The van der Waals surface area contributed by atoms with Crippen molar-refractivity contribution in [1.82, 2.24) is 19.7 Å². The Hall–Kier alpha value is -2.21. The van der Waals surface area contributed by atoms with E-state index < -0.39 is 0 Å². The van der Waals surface area contributed by atoms with Crippen molar-refractivity contribution in [1.29, 1.82) is 0 Å². The van der Waals surface area contributed by atoms with Crippen LogP contribution in [0.1, 0.15) is 21.6 Å². The quantitative estimate of drug-likeness (QED) is 0.794. The van der Waals surface area contributed by atoms with Crippen molar-refractivity contribution < 1.29 is 4.79 Å². The highest BCUT2D eigenvalue weighted by Crippen LogP contribution is 2.10. The van der Waals surface area contributed by atoms with Gasteiger partial charge in [0.15, 0.2) is 0 Å². The second-order valence-corrected chi connectivity index (χ2v) is 5.69. The maximum Gasteiger partial charge on any atom is 0.253 e. The van der Waals surface area contributed by atoms with Crippen molar-refractivity contribution in [3.63, 3.8) is 0 Å². The fourth-order valence-electron chi connectivity index (χ4n) is 2.05. The van der Waals surface area contributed by atoms with E-state index in [4.69, 9.17) is 0 Å². The van der Waals surface area contributed by atoms with Gasteiger partial charge in [-0.05, 0) is 40.5 Å². The van der Waals surface area contributed by atoms with Crippen molar-refractivity contribution in [3.8, 4) is 0 Å². The number of nitrogens with one attached hydrogen (secondary N) is 1. The molecule has 0 saturated heterocycles. The second-order valence-electron chi connectivity index (χ2n) is 4.78. The molecule has 0 aliphatic carbocycles. The lowest BCUT2D eigenvalue weighted by Gasteiger charge is -2.02. The van der Waals surface area contributed by atoms with Gasteiger partial charge in [0.1, 0.15) is 5.65 Å². The molecule has 0 spiro atoms.